The van der Waals surface area contributed by atoms with Crippen LogP contribution in [0.15, 0.2) is 35.0 Å². The SMILES string of the molecule is CCCN1CCc2cc(-c3cnc(N)c(C(=NC/C(F)=C(\C)F)NN)c3)sc2CC1. The number of halogens is 2. The summed E-state index contributed by atoms with van der Waals surface area (Å²) in [5.74, 6) is 4.07. The lowest BCUT2D eigenvalue weighted by molar-refractivity contribution is 0.288. The second kappa shape index (κ2) is 10.1. The van der Waals surface area contributed by atoms with Crippen LogP contribution in [0.5, 0.6) is 0 Å². The number of fused-ring (bicyclic) bond motifs is 1. The fraction of sp³-hybridized carbons (Fsp3) is 0.429. The number of nitrogens with one attached hydrogen (secondary N) is 1. The second-order valence-electron chi connectivity index (χ2n) is 7.31. The molecule has 0 spiro atoms. The van der Waals surface area contributed by atoms with Crippen molar-refractivity contribution in [3.63, 3.8) is 0 Å². The monoisotopic (exact) mass is 434 g/mol. The summed E-state index contributed by atoms with van der Waals surface area (Å²) in [6.45, 7) is 6.07. The lowest BCUT2D eigenvalue weighted by Crippen LogP contribution is -2.32. The molecule has 6 nitrogen and oxygen atoms in total. The molecule has 0 fully saturated rings. The van der Waals surface area contributed by atoms with E-state index in [1.807, 2.05) is 6.07 Å². The normalized spacial score (nSPS) is 16.1. The second-order valence-corrected chi connectivity index (χ2v) is 8.44. The van der Waals surface area contributed by atoms with Crippen LogP contribution in [0.1, 0.15) is 36.3 Å². The van der Waals surface area contributed by atoms with Crippen LogP contribution in [0.3, 0.4) is 0 Å². The van der Waals surface area contributed by atoms with Crippen molar-refractivity contribution in [3.8, 4) is 10.4 Å². The summed E-state index contributed by atoms with van der Waals surface area (Å²) >= 11 is 1.76. The maximum atomic E-state index is 13.5. The summed E-state index contributed by atoms with van der Waals surface area (Å²) in [4.78, 5) is 13.3. The summed E-state index contributed by atoms with van der Waals surface area (Å²) < 4.78 is 26.5. The number of hydrazine groups is 1. The Hall–Kier alpha value is -2.36. The van der Waals surface area contributed by atoms with Gasteiger partial charge in [0.05, 0.1) is 12.1 Å². The third kappa shape index (κ3) is 5.21. The van der Waals surface area contributed by atoms with Crippen LogP contribution in [-0.4, -0.2) is 41.9 Å². The van der Waals surface area contributed by atoms with Gasteiger partial charge in [-0.1, -0.05) is 6.92 Å². The Morgan fingerprint density at radius 1 is 1.30 bits per heavy atom. The Morgan fingerprint density at radius 3 is 2.77 bits per heavy atom. The topological polar surface area (TPSA) is 92.6 Å². The van der Waals surface area contributed by atoms with E-state index in [-0.39, 0.29) is 11.7 Å². The van der Waals surface area contributed by atoms with Gasteiger partial charge in [0.2, 0.25) is 0 Å². The van der Waals surface area contributed by atoms with Crippen molar-refractivity contribution in [1.29, 1.82) is 0 Å². The van der Waals surface area contributed by atoms with Gasteiger partial charge in [-0.25, -0.2) is 19.6 Å². The number of allylic oxidation sites excluding steroid dienone is 1. The zero-order chi connectivity index (χ0) is 21.7. The standard InChI is InChI=1S/C21H28F2N6S/c1-3-6-29-7-4-14-10-19(30-18(14)5-8-29)15-9-16(20(24)26-11-15)21(28-25)27-12-17(23)13(2)22/h9-11H,3-8,12,25H2,1-2H3,(H2,24,26)(H,27,28)/b17-13-. The lowest BCUT2D eigenvalue weighted by Gasteiger charge is -2.18. The van der Waals surface area contributed by atoms with E-state index in [1.165, 1.54) is 16.9 Å². The van der Waals surface area contributed by atoms with E-state index in [1.54, 1.807) is 17.5 Å². The molecule has 0 atom stereocenters. The number of hydrogen-bond acceptors (Lipinski definition) is 6. The predicted molar refractivity (Wildman–Crippen MR) is 120 cm³/mol. The molecule has 3 heterocycles. The quantitative estimate of drug-likeness (QED) is 0.280. The van der Waals surface area contributed by atoms with Gasteiger partial charge in [-0.2, -0.15) is 0 Å². The van der Waals surface area contributed by atoms with E-state index in [0.29, 0.717) is 5.56 Å². The summed E-state index contributed by atoms with van der Waals surface area (Å²) in [6, 6.07) is 4.05. The molecule has 5 N–H and O–H groups in total. The number of aliphatic imine (C=N–C) groups is 1. The average Bonchev–Trinajstić information content (AvgIpc) is 3.05. The minimum Gasteiger partial charge on any atom is -0.383 e. The van der Waals surface area contributed by atoms with E-state index in [2.05, 4.69) is 33.3 Å². The van der Waals surface area contributed by atoms with Crippen LogP contribution in [-0.2, 0) is 12.8 Å². The first-order valence-electron chi connectivity index (χ1n) is 10.0. The Bertz CT molecular complexity index is 923. The van der Waals surface area contributed by atoms with Crippen molar-refractivity contribution in [2.24, 2.45) is 10.8 Å². The van der Waals surface area contributed by atoms with Gasteiger partial charge in [0.15, 0.2) is 5.83 Å². The van der Waals surface area contributed by atoms with Crippen molar-refractivity contribution in [2.75, 3.05) is 31.9 Å². The van der Waals surface area contributed by atoms with Crippen molar-refractivity contribution in [3.05, 3.63) is 46.0 Å². The van der Waals surface area contributed by atoms with Crippen LogP contribution >= 0.6 is 11.3 Å². The van der Waals surface area contributed by atoms with Crippen molar-refractivity contribution < 1.29 is 8.78 Å². The molecule has 0 bridgehead atoms. The summed E-state index contributed by atoms with van der Waals surface area (Å²) in [5.41, 5.74) is 11.2. The maximum Gasteiger partial charge on any atom is 0.152 e. The van der Waals surface area contributed by atoms with Crippen molar-refractivity contribution in [1.82, 2.24) is 15.3 Å². The van der Waals surface area contributed by atoms with Crippen LogP contribution in [0, 0.1) is 0 Å². The number of anilines is 1. The third-order valence-electron chi connectivity index (χ3n) is 5.13. The van der Waals surface area contributed by atoms with Crippen LogP contribution in [0.25, 0.3) is 10.4 Å². The molecule has 162 valence electrons. The fourth-order valence-electron chi connectivity index (χ4n) is 3.49. The Morgan fingerprint density at radius 2 is 2.07 bits per heavy atom. The molecular weight excluding hydrogens is 406 g/mol. The average molecular weight is 435 g/mol. The summed E-state index contributed by atoms with van der Waals surface area (Å²) in [5, 5.41) is 0. The first kappa shape index (κ1) is 22.3. The summed E-state index contributed by atoms with van der Waals surface area (Å²) in [7, 11) is 0. The van der Waals surface area contributed by atoms with Gasteiger partial charge < -0.3 is 16.1 Å². The number of amidine groups is 1. The number of rotatable bonds is 6. The first-order valence-corrected chi connectivity index (χ1v) is 10.9. The smallest absolute Gasteiger partial charge is 0.152 e. The van der Waals surface area contributed by atoms with Gasteiger partial charge in [-0.3, -0.25) is 4.99 Å². The molecule has 1 aliphatic rings. The third-order valence-corrected chi connectivity index (χ3v) is 6.42. The van der Waals surface area contributed by atoms with Crippen molar-refractivity contribution >= 4 is 23.0 Å². The minimum absolute atomic E-state index is 0.159. The molecule has 0 aliphatic carbocycles. The maximum absolute atomic E-state index is 13.5. The van der Waals surface area contributed by atoms with Crippen LogP contribution < -0.4 is 17.0 Å². The van der Waals surface area contributed by atoms with E-state index in [4.69, 9.17) is 11.6 Å². The molecule has 0 saturated carbocycles. The number of nitrogens with zero attached hydrogens (tertiary/aromatic N) is 3. The molecule has 0 saturated heterocycles. The number of aromatic nitrogens is 1. The van der Waals surface area contributed by atoms with E-state index in [9.17, 15) is 8.78 Å². The lowest BCUT2D eigenvalue weighted by atomic mass is 10.1. The van der Waals surface area contributed by atoms with Gasteiger partial charge in [0, 0.05) is 34.6 Å². The van der Waals surface area contributed by atoms with Gasteiger partial charge in [0.25, 0.3) is 0 Å². The van der Waals surface area contributed by atoms with E-state index in [0.717, 1.165) is 49.8 Å². The molecule has 9 heteroatoms. The molecule has 1 aliphatic heterocycles. The Kier molecular flexibility index (Phi) is 7.52. The van der Waals surface area contributed by atoms with Crippen LogP contribution in [0.4, 0.5) is 14.6 Å². The molecule has 30 heavy (non-hydrogen) atoms. The number of nitrogen functional groups attached to an aromatic ring is 1. The first-order chi connectivity index (χ1) is 14.4. The highest BCUT2D eigenvalue weighted by atomic mass is 32.1. The predicted octanol–water partition coefficient (Wildman–Crippen LogP) is 3.58. The summed E-state index contributed by atoms with van der Waals surface area (Å²) in [6.07, 6.45) is 4.96. The molecule has 2 aromatic rings. The molecule has 0 radical (unpaired) electrons. The number of hydrogen-bond donors (Lipinski definition) is 3. The Balaban J connectivity index is 1.87. The molecule has 3 rings (SSSR count). The molecular formula is C21H28F2N6S. The van der Waals surface area contributed by atoms with E-state index < -0.39 is 18.2 Å². The Labute approximate surface area is 179 Å². The number of pyridine rings is 1. The van der Waals surface area contributed by atoms with E-state index >= 15 is 0 Å². The highest BCUT2D eigenvalue weighted by molar-refractivity contribution is 7.15. The molecule has 0 unspecified atom stereocenters. The van der Waals surface area contributed by atoms with Gasteiger partial charge in [-0.05, 0) is 50.4 Å². The minimum atomic E-state index is -0.954. The van der Waals surface area contributed by atoms with Gasteiger partial charge >= 0.3 is 0 Å². The molecule has 2 aromatic heterocycles. The fourth-order valence-corrected chi connectivity index (χ4v) is 4.67. The largest absolute Gasteiger partial charge is 0.383 e. The van der Waals surface area contributed by atoms with Crippen molar-refractivity contribution in [2.45, 2.75) is 33.1 Å². The highest BCUT2D eigenvalue weighted by Gasteiger charge is 2.18. The van der Waals surface area contributed by atoms with Gasteiger partial charge in [0.1, 0.15) is 17.5 Å². The molecule has 0 aromatic carbocycles. The number of nitrogens with two attached hydrogens (primary N) is 2. The molecule has 0 amide bonds. The zero-order valence-electron chi connectivity index (χ0n) is 17.3. The number of thiophene rings is 1. The van der Waals surface area contributed by atoms with Gasteiger partial charge in [-0.15, -0.1) is 11.3 Å². The zero-order valence-corrected chi connectivity index (χ0v) is 18.2. The van der Waals surface area contributed by atoms with Crippen LogP contribution in [0.2, 0.25) is 0 Å². The highest BCUT2D eigenvalue weighted by Crippen LogP contribution is 2.34.